The van der Waals surface area contributed by atoms with Gasteiger partial charge in [-0.1, -0.05) is 0 Å². The average Bonchev–Trinajstić information content (AvgIpc) is 2.85. The van der Waals surface area contributed by atoms with E-state index in [9.17, 15) is 8.42 Å². The Morgan fingerprint density at radius 1 is 1.21 bits per heavy atom. The Hall–Kier alpha value is -1.05. The van der Waals surface area contributed by atoms with Crippen LogP contribution in [0.3, 0.4) is 0 Å². The highest BCUT2D eigenvalue weighted by molar-refractivity contribution is 9.10. The molecule has 0 bridgehead atoms. The van der Waals surface area contributed by atoms with Gasteiger partial charge in [0.05, 0.1) is 12.8 Å². The second-order valence-electron chi connectivity index (χ2n) is 3.73. The third kappa shape index (κ3) is 2.77. The van der Waals surface area contributed by atoms with Crippen LogP contribution in [0.15, 0.2) is 44.4 Å². The number of rotatable bonds is 4. The van der Waals surface area contributed by atoms with Gasteiger partial charge in [0.1, 0.15) is 5.75 Å². The molecule has 0 atom stereocenters. The molecule has 1 aromatic carbocycles. The number of methoxy groups -OCH3 is 1. The summed E-state index contributed by atoms with van der Waals surface area (Å²) < 4.78 is 32.1. The second-order valence-corrected chi connectivity index (χ2v) is 7.66. The maximum atomic E-state index is 12.4. The number of ether oxygens (including phenoxy) is 1. The monoisotopic (exact) mass is 361 g/mol. The molecule has 102 valence electrons. The molecule has 4 nitrogen and oxygen atoms in total. The Morgan fingerprint density at radius 3 is 2.32 bits per heavy atom. The lowest BCUT2D eigenvalue weighted by Gasteiger charge is -2.19. The molecule has 0 spiro atoms. The lowest BCUT2D eigenvalue weighted by Crippen LogP contribution is -2.25. The highest BCUT2D eigenvalue weighted by atomic mass is 79.9. The van der Waals surface area contributed by atoms with E-state index in [1.165, 1.54) is 22.7 Å². The molecule has 0 amide bonds. The molecule has 1 heterocycles. The van der Waals surface area contributed by atoms with Crippen molar-refractivity contribution in [3.63, 3.8) is 0 Å². The standard InChI is InChI=1S/C12H12BrNO3S2/c1-14(9-3-5-10(17-2)6-4-9)19(15,16)12-11(13)7-8-18-12/h3-8H,1-2H3. The van der Waals surface area contributed by atoms with Gasteiger partial charge in [-0.2, -0.15) is 0 Å². The molecular weight excluding hydrogens is 350 g/mol. The Kier molecular flexibility index (Phi) is 4.17. The van der Waals surface area contributed by atoms with Crippen molar-refractivity contribution in [2.24, 2.45) is 0 Å². The van der Waals surface area contributed by atoms with Gasteiger partial charge in [-0.3, -0.25) is 4.31 Å². The van der Waals surface area contributed by atoms with Gasteiger partial charge < -0.3 is 4.74 Å². The molecule has 0 N–H and O–H groups in total. The van der Waals surface area contributed by atoms with Crippen LogP contribution in [0.1, 0.15) is 0 Å². The highest BCUT2D eigenvalue weighted by Gasteiger charge is 2.25. The van der Waals surface area contributed by atoms with Gasteiger partial charge in [0, 0.05) is 11.5 Å². The summed E-state index contributed by atoms with van der Waals surface area (Å²) >= 11 is 4.44. The van der Waals surface area contributed by atoms with E-state index in [0.29, 0.717) is 20.1 Å². The fraction of sp³-hybridized carbons (Fsp3) is 0.167. The summed E-state index contributed by atoms with van der Waals surface area (Å²) in [5.41, 5.74) is 0.584. The first-order valence-electron chi connectivity index (χ1n) is 5.33. The van der Waals surface area contributed by atoms with Crippen molar-refractivity contribution in [3.05, 3.63) is 40.2 Å². The van der Waals surface area contributed by atoms with Crippen LogP contribution in [-0.2, 0) is 10.0 Å². The maximum absolute atomic E-state index is 12.4. The van der Waals surface area contributed by atoms with E-state index < -0.39 is 10.0 Å². The number of hydrogen-bond donors (Lipinski definition) is 0. The molecule has 0 aliphatic heterocycles. The number of benzene rings is 1. The van der Waals surface area contributed by atoms with E-state index >= 15 is 0 Å². The molecular formula is C12H12BrNO3S2. The number of sulfonamides is 1. The Balaban J connectivity index is 2.37. The largest absolute Gasteiger partial charge is 0.497 e. The first-order chi connectivity index (χ1) is 8.96. The minimum Gasteiger partial charge on any atom is -0.497 e. The minimum atomic E-state index is -3.53. The first-order valence-corrected chi connectivity index (χ1v) is 8.44. The van der Waals surface area contributed by atoms with Crippen molar-refractivity contribution < 1.29 is 13.2 Å². The highest BCUT2D eigenvalue weighted by Crippen LogP contribution is 2.32. The van der Waals surface area contributed by atoms with Crippen LogP contribution in [-0.4, -0.2) is 22.6 Å². The zero-order valence-corrected chi connectivity index (χ0v) is 13.5. The van der Waals surface area contributed by atoms with E-state index in [-0.39, 0.29) is 0 Å². The van der Waals surface area contributed by atoms with Gasteiger partial charge in [0.2, 0.25) is 0 Å². The summed E-state index contributed by atoms with van der Waals surface area (Å²) in [6.45, 7) is 0. The fourth-order valence-electron chi connectivity index (χ4n) is 1.52. The van der Waals surface area contributed by atoms with Gasteiger partial charge in [-0.15, -0.1) is 11.3 Å². The van der Waals surface area contributed by atoms with E-state index in [1.807, 2.05) is 0 Å². The van der Waals surface area contributed by atoms with Crippen LogP contribution in [0.25, 0.3) is 0 Å². The van der Waals surface area contributed by atoms with E-state index in [0.717, 1.165) is 0 Å². The van der Waals surface area contributed by atoms with Gasteiger partial charge in [0.25, 0.3) is 10.0 Å². The van der Waals surface area contributed by atoms with Crippen molar-refractivity contribution in [2.75, 3.05) is 18.5 Å². The lowest BCUT2D eigenvalue weighted by molar-refractivity contribution is 0.415. The van der Waals surface area contributed by atoms with E-state index in [1.54, 1.807) is 42.8 Å². The normalized spacial score (nSPS) is 11.3. The summed E-state index contributed by atoms with van der Waals surface area (Å²) in [6.07, 6.45) is 0. The predicted molar refractivity (Wildman–Crippen MR) is 80.6 cm³/mol. The molecule has 19 heavy (non-hydrogen) atoms. The van der Waals surface area contributed by atoms with Crippen molar-refractivity contribution in [1.29, 1.82) is 0 Å². The molecule has 0 saturated carbocycles. The smallest absolute Gasteiger partial charge is 0.274 e. The molecule has 2 rings (SSSR count). The summed E-state index contributed by atoms with van der Waals surface area (Å²) in [5.74, 6) is 0.687. The molecule has 2 aromatic rings. The second kappa shape index (κ2) is 5.52. The third-order valence-corrected chi connectivity index (χ3v) is 7.05. The SMILES string of the molecule is COc1ccc(N(C)S(=O)(=O)c2sccc2Br)cc1. The van der Waals surface area contributed by atoms with Gasteiger partial charge in [-0.05, 0) is 51.6 Å². The van der Waals surface area contributed by atoms with Gasteiger partial charge in [-0.25, -0.2) is 8.42 Å². The third-order valence-electron chi connectivity index (χ3n) is 2.62. The van der Waals surface area contributed by atoms with Crippen molar-refractivity contribution >= 4 is 43.0 Å². The fourth-order valence-corrected chi connectivity index (χ4v) is 5.18. The molecule has 0 radical (unpaired) electrons. The van der Waals surface area contributed by atoms with Crippen molar-refractivity contribution in [3.8, 4) is 5.75 Å². The number of anilines is 1. The molecule has 0 saturated heterocycles. The molecule has 0 aliphatic rings. The quantitative estimate of drug-likeness (QED) is 0.838. The summed E-state index contributed by atoms with van der Waals surface area (Å²) in [7, 11) is -0.436. The summed E-state index contributed by atoms with van der Waals surface area (Å²) in [6, 6.07) is 8.59. The molecule has 7 heteroatoms. The summed E-state index contributed by atoms with van der Waals surface area (Å²) in [5, 5.41) is 1.73. The van der Waals surface area contributed by atoms with Crippen molar-refractivity contribution in [2.45, 2.75) is 4.21 Å². The molecule has 0 fully saturated rings. The molecule has 1 aromatic heterocycles. The van der Waals surface area contributed by atoms with Crippen LogP contribution >= 0.6 is 27.3 Å². The Labute approximate surface area is 124 Å². The zero-order valence-electron chi connectivity index (χ0n) is 10.3. The minimum absolute atomic E-state index is 0.297. The van der Waals surface area contributed by atoms with Crippen LogP contribution < -0.4 is 9.04 Å². The Bertz CT molecular complexity index is 665. The van der Waals surface area contributed by atoms with Crippen LogP contribution in [0.5, 0.6) is 5.75 Å². The number of nitrogens with zero attached hydrogens (tertiary/aromatic N) is 1. The summed E-state index contributed by atoms with van der Waals surface area (Å²) in [4.78, 5) is 0. The molecule has 0 aliphatic carbocycles. The Morgan fingerprint density at radius 2 is 1.84 bits per heavy atom. The van der Waals surface area contributed by atoms with Crippen LogP contribution in [0, 0.1) is 0 Å². The lowest BCUT2D eigenvalue weighted by atomic mass is 10.3. The van der Waals surface area contributed by atoms with Gasteiger partial charge in [0.15, 0.2) is 4.21 Å². The number of hydrogen-bond acceptors (Lipinski definition) is 4. The average molecular weight is 362 g/mol. The topological polar surface area (TPSA) is 46.6 Å². The molecule has 0 unspecified atom stereocenters. The van der Waals surface area contributed by atoms with Crippen molar-refractivity contribution in [1.82, 2.24) is 0 Å². The first kappa shape index (κ1) is 14.4. The van der Waals surface area contributed by atoms with Crippen LogP contribution in [0.2, 0.25) is 0 Å². The van der Waals surface area contributed by atoms with E-state index in [2.05, 4.69) is 15.9 Å². The van der Waals surface area contributed by atoms with Crippen LogP contribution in [0.4, 0.5) is 5.69 Å². The predicted octanol–water partition coefficient (Wildman–Crippen LogP) is 3.34. The number of halogens is 1. The maximum Gasteiger partial charge on any atom is 0.274 e. The number of thiophene rings is 1. The van der Waals surface area contributed by atoms with E-state index in [4.69, 9.17) is 4.74 Å². The van der Waals surface area contributed by atoms with Gasteiger partial charge >= 0.3 is 0 Å². The zero-order chi connectivity index (χ0) is 14.0.